The molecule has 1 saturated heterocycles. The molecule has 2 unspecified atom stereocenters. The Hall–Kier alpha value is -1.42. The van der Waals surface area contributed by atoms with E-state index in [1.165, 1.54) is 0 Å². The van der Waals surface area contributed by atoms with Crippen molar-refractivity contribution in [3.8, 4) is 0 Å². The summed E-state index contributed by atoms with van der Waals surface area (Å²) in [6, 6.07) is 3.89. The summed E-state index contributed by atoms with van der Waals surface area (Å²) in [6.07, 6.45) is 2.70. The second-order valence-corrected chi connectivity index (χ2v) is 4.37. The third-order valence-electron chi connectivity index (χ3n) is 3.40. The molecule has 4 heteroatoms. The zero-order chi connectivity index (χ0) is 11.0. The molecule has 2 aliphatic rings. The Morgan fingerprint density at radius 1 is 1.50 bits per heavy atom. The molecule has 0 saturated carbocycles. The molecular formula is C12H14N2O2. The quantitative estimate of drug-likeness (QED) is 0.710. The number of hydrogen-bond acceptors (Lipinski definition) is 4. The van der Waals surface area contributed by atoms with Crippen LogP contribution in [0.5, 0.6) is 0 Å². The van der Waals surface area contributed by atoms with Crippen LogP contribution in [0.25, 0.3) is 0 Å². The normalized spacial score (nSPS) is 28.6. The van der Waals surface area contributed by atoms with Gasteiger partial charge in [-0.1, -0.05) is 6.07 Å². The van der Waals surface area contributed by atoms with Gasteiger partial charge in [-0.2, -0.15) is 0 Å². The van der Waals surface area contributed by atoms with Crippen molar-refractivity contribution in [2.24, 2.45) is 5.92 Å². The summed E-state index contributed by atoms with van der Waals surface area (Å²) < 4.78 is 5.32. The first kappa shape index (κ1) is 9.78. The number of fused-ring (bicyclic) bond motifs is 3. The monoisotopic (exact) mass is 218 g/mol. The van der Waals surface area contributed by atoms with Gasteiger partial charge in [0.2, 0.25) is 0 Å². The van der Waals surface area contributed by atoms with Crippen LogP contribution in [0.2, 0.25) is 0 Å². The van der Waals surface area contributed by atoms with Crippen LogP contribution in [0, 0.1) is 5.92 Å². The summed E-state index contributed by atoms with van der Waals surface area (Å²) in [6.45, 7) is 1.75. The van der Waals surface area contributed by atoms with E-state index in [9.17, 15) is 4.79 Å². The highest BCUT2D eigenvalue weighted by Gasteiger charge is 2.36. The number of rotatable bonds is 0. The van der Waals surface area contributed by atoms with E-state index in [4.69, 9.17) is 4.74 Å². The Morgan fingerprint density at radius 2 is 2.44 bits per heavy atom. The molecule has 1 aromatic heterocycles. The van der Waals surface area contributed by atoms with Crippen molar-refractivity contribution in [3.63, 3.8) is 0 Å². The van der Waals surface area contributed by atoms with Crippen molar-refractivity contribution < 1.29 is 9.53 Å². The van der Waals surface area contributed by atoms with Crippen molar-refractivity contribution >= 4 is 11.6 Å². The van der Waals surface area contributed by atoms with Gasteiger partial charge in [-0.15, -0.1) is 0 Å². The zero-order valence-electron chi connectivity index (χ0n) is 8.98. The van der Waals surface area contributed by atoms with Gasteiger partial charge in [-0.05, 0) is 18.4 Å². The van der Waals surface area contributed by atoms with Gasteiger partial charge in [0.05, 0.1) is 5.92 Å². The average Bonchev–Trinajstić information content (AvgIpc) is 2.51. The van der Waals surface area contributed by atoms with Gasteiger partial charge >= 0.3 is 0 Å². The summed E-state index contributed by atoms with van der Waals surface area (Å²) in [5.41, 5.74) is 1.04. The standard InChI is InChI=1S/C12H14N2O2/c15-10-7-16-5-3-8-6-14-12-9(11(8)10)2-1-4-13-12/h1-2,4,8,11H,3,5-7H2,(H,13,14). The van der Waals surface area contributed by atoms with Gasteiger partial charge in [-0.3, -0.25) is 4.79 Å². The molecular weight excluding hydrogens is 204 g/mol. The lowest BCUT2D eigenvalue weighted by atomic mass is 9.79. The number of Topliss-reactive ketones (excluding diaryl/α,β-unsaturated/α-hetero) is 1. The van der Waals surface area contributed by atoms with Gasteiger partial charge < -0.3 is 10.1 Å². The molecule has 3 heterocycles. The van der Waals surface area contributed by atoms with Crippen LogP contribution in [0.3, 0.4) is 0 Å². The van der Waals surface area contributed by atoms with Gasteiger partial charge in [0.1, 0.15) is 12.4 Å². The Kier molecular flexibility index (Phi) is 2.36. The van der Waals surface area contributed by atoms with Crippen molar-refractivity contribution in [1.29, 1.82) is 0 Å². The number of hydrogen-bond donors (Lipinski definition) is 1. The van der Waals surface area contributed by atoms with Crippen LogP contribution in [0.1, 0.15) is 17.9 Å². The fourth-order valence-electron chi connectivity index (χ4n) is 2.62. The number of carbonyl (C=O) groups excluding carboxylic acids is 1. The first-order valence-electron chi connectivity index (χ1n) is 5.65. The van der Waals surface area contributed by atoms with Crippen molar-refractivity contribution in [3.05, 3.63) is 23.9 Å². The van der Waals surface area contributed by atoms with Crippen molar-refractivity contribution in [1.82, 2.24) is 4.98 Å². The van der Waals surface area contributed by atoms with Crippen molar-refractivity contribution in [2.45, 2.75) is 12.3 Å². The lowest BCUT2D eigenvalue weighted by molar-refractivity contribution is -0.124. The second kappa shape index (κ2) is 3.87. The van der Waals surface area contributed by atoms with Crippen molar-refractivity contribution in [2.75, 3.05) is 25.1 Å². The maximum absolute atomic E-state index is 12.0. The smallest absolute Gasteiger partial charge is 0.166 e. The minimum atomic E-state index is -0.0209. The highest BCUT2D eigenvalue weighted by Crippen LogP contribution is 2.37. The number of pyridine rings is 1. The van der Waals surface area contributed by atoms with Crippen LogP contribution in [-0.4, -0.2) is 30.5 Å². The van der Waals surface area contributed by atoms with E-state index >= 15 is 0 Å². The van der Waals surface area contributed by atoms with E-state index in [1.54, 1.807) is 6.20 Å². The molecule has 1 aromatic rings. The highest BCUT2D eigenvalue weighted by atomic mass is 16.5. The highest BCUT2D eigenvalue weighted by molar-refractivity contribution is 5.89. The van der Waals surface area contributed by atoms with Crippen LogP contribution in [0.4, 0.5) is 5.82 Å². The van der Waals surface area contributed by atoms with Gasteiger partial charge in [0.15, 0.2) is 5.78 Å². The van der Waals surface area contributed by atoms with Crippen LogP contribution >= 0.6 is 0 Å². The van der Waals surface area contributed by atoms with E-state index in [0.29, 0.717) is 12.5 Å². The van der Waals surface area contributed by atoms with E-state index < -0.39 is 0 Å². The predicted octanol–water partition coefficient (Wildman–Crippen LogP) is 1.20. The third kappa shape index (κ3) is 1.50. The van der Waals surface area contributed by atoms with Crippen LogP contribution < -0.4 is 5.32 Å². The topological polar surface area (TPSA) is 51.2 Å². The fraction of sp³-hybridized carbons (Fsp3) is 0.500. The summed E-state index contributed by atoms with van der Waals surface area (Å²) >= 11 is 0. The first-order valence-corrected chi connectivity index (χ1v) is 5.65. The molecule has 0 radical (unpaired) electrons. The summed E-state index contributed by atoms with van der Waals surface area (Å²) in [4.78, 5) is 16.3. The molecule has 3 rings (SSSR count). The Balaban J connectivity index is 2.04. The Labute approximate surface area is 94.0 Å². The van der Waals surface area contributed by atoms with Gasteiger partial charge in [0, 0.05) is 24.9 Å². The number of aromatic nitrogens is 1. The number of anilines is 1. The molecule has 0 amide bonds. The average molecular weight is 218 g/mol. The first-order chi connectivity index (χ1) is 7.86. The number of ether oxygens (including phenoxy) is 1. The Morgan fingerprint density at radius 3 is 3.38 bits per heavy atom. The molecule has 4 nitrogen and oxygen atoms in total. The molecule has 84 valence electrons. The lowest BCUT2D eigenvalue weighted by Crippen LogP contribution is -2.32. The molecule has 1 N–H and O–H groups in total. The predicted molar refractivity (Wildman–Crippen MR) is 59.4 cm³/mol. The molecule has 1 fully saturated rings. The zero-order valence-corrected chi connectivity index (χ0v) is 8.98. The summed E-state index contributed by atoms with van der Waals surface area (Å²) in [7, 11) is 0. The number of nitrogens with zero attached hydrogens (tertiary/aromatic N) is 1. The fourth-order valence-corrected chi connectivity index (χ4v) is 2.62. The summed E-state index contributed by atoms with van der Waals surface area (Å²) in [5.74, 6) is 1.39. The number of ketones is 1. The van der Waals surface area contributed by atoms with Crippen LogP contribution in [-0.2, 0) is 9.53 Å². The SMILES string of the molecule is O=C1COCCC2CNc3ncccc3C12. The van der Waals surface area contributed by atoms with Crippen LogP contribution in [0.15, 0.2) is 18.3 Å². The number of nitrogens with one attached hydrogen (secondary N) is 1. The second-order valence-electron chi connectivity index (χ2n) is 4.37. The van der Waals surface area contributed by atoms with E-state index in [-0.39, 0.29) is 18.3 Å². The lowest BCUT2D eigenvalue weighted by Gasteiger charge is -2.30. The maximum atomic E-state index is 12.0. The molecule has 2 aliphatic heterocycles. The van der Waals surface area contributed by atoms with E-state index in [0.717, 1.165) is 24.3 Å². The number of carbonyl (C=O) groups is 1. The largest absolute Gasteiger partial charge is 0.374 e. The Bertz CT molecular complexity index is 419. The molecule has 2 atom stereocenters. The minimum absolute atomic E-state index is 0.0209. The molecule has 0 aliphatic carbocycles. The molecule has 0 aromatic carbocycles. The van der Waals surface area contributed by atoms with E-state index in [2.05, 4.69) is 10.3 Å². The molecule has 0 bridgehead atoms. The minimum Gasteiger partial charge on any atom is -0.374 e. The molecule has 0 spiro atoms. The van der Waals surface area contributed by atoms with E-state index in [1.807, 2.05) is 12.1 Å². The van der Waals surface area contributed by atoms with Gasteiger partial charge in [0.25, 0.3) is 0 Å². The maximum Gasteiger partial charge on any atom is 0.166 e. The molecule has 16 heavy (non-hydrogen) atoms. The summed E-state index contributed by atoms with van der Waals surface area (Å²) in [5, 5.41) is 3.29. The third-order valence-corrected chi connectivity index (χ3v) is 3.40. The van der Waals surface area contributed by atoms with Gasteiger partial charge in [-0.25, -0.2) is 4.98 Å².